The number of aliphatic imine (C=N–C) groups is 1. The van der Waals surface area contributed by atoms with Gasteiger partial charge in [0.05, 0.1) is 0 Å². The number of rotatable bonds is 6. The molecule has 0 amide bonds. The lowest BCUT2D eigenvalue weighted by Crippen LogP contribution is -2.37. The highest BCUT2D eigenvalue weighted by Gasteiger charge is 2.13. The Bertz CT molecular complexity index is 692. The van der Waals surface area contributed by atoms with Crippen molar-refractivity contribution in [2.75, 3.05) is 20.4 Å². The fraction of sp³-hybridized carbons (Fsp3) is 0.316. The average Bonchev–Trinajstić information content (AvgIpc) is 3.10. The third-order valence-electron chi connectivity index (χ3n) is 3.90. The molecular formula is C19H24IN3O2. The van der Waals surface area contributed by atoms with E-state index in [0.717, 1.165) is 42.4 Å². The van der Waals surface area contributed by atoms with Crippen LogP contribution in [0.4, 0.5) is 0 Å². The molecule has 1 aliphatic rings. The molecule has 0 aliphatic carbocycles. The van der Waals surface area contributed by atoms with Gasteiger partial charge in [0.1, 0.15) is 0 Å². The molecule has 0 saturated carbocycles. The van der Waals surface area contributed by atoms with Crippen LogP contribution in [0.2, 0.25) is 0 Å². The van der Waals surface area contributed by atoms with E-state index in [1.807, 2.05) is 24.3 Å². The second-order valence-corrected chi connectivity index (χ2v) is 5.63. The normalized spacial score (nSPS) is 12.4. The fourth-order valence-corrected chi connectivity index (χ4v) is 2.60. The maximum Gasteiger partial charge on any atom is 0.231 e. The van der Waals surface area contributed by atoms with Crippen molar-refractivity contribution in [2.45, 2.75) is 19.4 Å². The summed E-state index contributed by atoms with van der Waals surface area (Å²) < 4.78 is 10.7. The van der Waals surface area contributed by atoms with Crippen LogP contribution in [-0.2, 0) is 13.0 Å². The van der Waals surface area contributed by atoms with Gasteiger partial charge in [0.2, 0.25) is 6.79 Å². The molecule has 1 heterocycles. The van der Waals surface area contributed by atoms with Crippen molar-refractivity contribution in [3.05, 3.63) is 59.7 Å². The topological polar surface area (TPSA) is 54.9 Å². The molecule has 0 spiro atoms. The molecule has 6 heteroatoms. The summed E-state index contributed by atoms with van der Waals surface area (Å²) in [6, 6.07) is 16.5. The van der Waals surface area contributed by atoms with Crippen LogP contribution in [0.5, 0.6) is 11.5 Å². The van der Waals surface area contributed by atoms with E-state index in [1.54, 1.807) is 7.05 Å². The number of aryl methyl sites for hydroxylation is 1. The van der Waals surface area contributed by atoms with Crippen molar-refractivity contribution in [2.24, 2.45) is 4.99 Å². The van der Waals surface area contributed by atoms with Crippen LogP contribution < -0.4 is 20.1 Å². The molecule has 5 nitrogen and oxygen atoms in total. The first-order chi connectivity index (χ1) is 11.8. The van der Waals surface area contributed by atoms with Gasteiger partial charge >= 0.3 is 0 Å². The molecule has 3 rings (SSSR count). The van der Waals surface area contributed by atoms with Gasteiger partial charge < -0.3 is 20.1 Å². The zero-order valence-electron chi connectivity index (χ0n) is 14.3. The number of nitrogens with one attached hydrogen (secondary N) is 2. The standard InChI is InChI=1S/C19H23N3O2.HI/c1-20-19(21-11-5-8-15-6-3-2-4-7-15)22-13-16-9-10-17-18(12-16)24-14-23-17;/h2-4,6-7,9-10,12H,5,8,11,13-14H2,1H3,(H2,20,21,22);1H. The molecule has 0 fully saturated rings. The Morgan fingerprint density at radius 1 is 1.00 bits per heavy atom. The molecule has 2 N–H and O–H groups in total. The molecule has 1 aliphatic heterocycles. The minimum atomic E-state index is 0. The number of ether oxygens (including phenoxy) is 2. The highest BCUT2D eigenvalue weighted by Crippen LogP contribution is 2.32. The summed E-state index contributed by atoms with van der Waals surface area (Å²) in [5.74, 6) is 2.42. The van der Waals surface area contributed by atoms with Gasteiger partial charge in [0, 0.05) is 20.1 Å². The highest BCUT2D eigenvalue weighted by atomic mass is 127. The molecule has 0 radical (unpaired) electrons. The summed E-state index contributed by atoms with van der Waals surface area (Å²) in [7, 11) is 1.78. The van der Waals surface area contributed by atoms with Crippen molar-refractivity contribution in [3.63, 3.8) is 0 Å². The predicted molar refractivity (Wildman–Crippen MR) is 111 cm³/mol. The second-order valence-electron chi connectivity index (χ2n) is 5.63. The average molecular weight is 453 g/mol. The van der Waals surface area contributed by atoms with Gasteiger partial charge in [-0.1, -0.05) is 36.4 Å². The van der Waals surface area contributed by atoms with Crippen molar-refractivity contribution >= 4 is 29.9 Å². The minimum Gasteiger partial charge on any atom is -0.454 e. The van der Waals surface area contributed by atoms with Crippen LogP contribution in [-0.4, -0.2) is 26.3 Å². The van der Waals surface area contributed by atoms with Crippen LogP contribution in [0.1, 0.15) is 17.5 Å². The van der Waals surface area contributed by atoms with Gasteiger partial charge in [0.25, 0.3) is 0 Å². The number of fused-ring (bicyclic) bond motifs is 1. The second kappa shape index (κ2) is 10.1. The lowest BCUT2D eigenvalue weighted by atomic mass is 10.1. The van der Waals surface area contributed by atoms with E-state index in [4.69, 9.17) is 9.47 Å². The van der Waals surface area contributed by atoms with Crippen molar-refractivity contribution < 1.29 is 9.47 Å². The Morgan fingerprint density at radius 3 is 2.60 bits per heavy atom. The van der Waals surface area contributed by atoms with Crippen molar-refractivity contribution in [1.29, 1.82) is 0 Å². The Hall–Kier alpha value is -1.96. The van der Waals surface area contributed by atoms with Crippen LogP contribution in [0, 0.1) is 0 Å². The van der Waals surface area contributed by atoms with E-state index in [2.05, 4.69) is 39.9 Å². The highest BCUT2D eigenvalue weighted by molar-refractivity contribution is 14.0. The molecular weight excluding hydrogens is 429 g/mol. The molecule has 0 aromatic heterocycles. The molecule has 2 aromatic rings. The summed E-state index contributed by atoms with van der Waals surface area (Å²) in [4.78, 5) is 4.26. The number of hydrogen-bond acceptors (Lipinski definition) is 3. The Kier molecular flexibility index (Phi) is 7.84. The Balaban J connectivity index is 0.00000225. The minimum absolute atomic E-state index is 0. The number of hydrogen-bond donors (Lipinski definition) is 2. The zero-order valence-corrected chi connectivity index (χ0v) is 16.7. The number of guanidine groups is 1. The first-order valence-corrected chi connectivity index (χ1v) is 8.22. The molecule has 0 bridgehead atoms. The molecule has 0 atom stereocenters. The summed E-state index contributed by atoms with van der Waals surface area (Å²) in [6.07, 6.45) is 2.13. The largest absolute Gasteiger partial charge is 0.454 e. The van der Waals surface area contributed by atoms with Gasteiger partial charge in [-0.05, 0) is 36.1 Å². The molecule has 25 heavy (non-hydrogen) atoms. The van der Waals surface area contributed by atoms with Crippen LogP contribution in [0.3, 0.4) is 0 Å². The van der Waals surface area contributed by atoms with E-state index in [1.165, 1.54) is 5.56 Å². The summed E-state index contributed by atoms with van der Waals surface area (Å²) >= 11 is 0. The van der Waals surface area contributed by atoms with Gasteiger partial charge in [-0.3, -0.25) is 4.99 Å². The van der Waals surface area contributed by atoms with Crippen LogP contribution in [0.15, 0.2) is 53.5 Å². The Morgan fingerprint density at radius 2 is 1.80 bits per heavy atom. The summed E-state index contributed by atoms with van der Waals surface area (Å²) in [6.45, 7) is 1.88. The lowest BCUT2D eigenvalue weighted by Gasteiger charge is -2.12. The smallest absolute Gasteiger partial charge is 0.231 e. The first-order valence-electron chi connectivity index (χ1n) is 8.22. The summed E-state index contributed by atoms with van der Waals surface area (Å²) in [5, 5.41) is 6.66. The summed E-state index contributed by atoms with van der Waals surface area (Å²) in [5.41, 5.74) is 2.49. The third kappa shape index (κ3) is 5.81. The fourth-order valence-electron chi connectivity index (χ4n) is 2.60. The molecule has 0 unspecified atom stereocenters. The number of halogens is 1. The van der Waals surface area contributed by atoms with E-state index in [0.29, 0.717) is 13.3 Å². The van der Waals surface area contributed by atoms with Gasteiger partial charge in [0.15, 0.2) is 17.5 Å². The maximum absolute atomic E-state index is 5.40. The van der Waals surface area contributed by atoms with E-state index >= 15 is 0 Å². The third-order valence-corrected chi connectivity index (χ3v) is 3.90. The molecule has 2 aromatic carbocycles. The monoisotopic (exact) mass is 453 g/mol. The van der Waals surface area contributed by atoms with Crippen molar-refractivity contribution in [3.8, 4) is 11.5 Å². The van der Waals surface area contributed by atoms with Crippen LogP contribution in [0.25, 0.3) is 0 Å². The lowest BCUT2D eigenvalue weighted by molar-refractivity contribution is 0.174. The maximum atomic E-state index is 5.40. The van der Waals surface area contributed by atoms with Crippen LogP contribution >= 0.6 is 24.0 Å². The molecule has 0 saturated heterocycles. The van der Waals surface area contributed by atoms with E-state index in [-0.39, 0.29) is 24.0 Å². The number of nitrogens with zero attached hydrogens (tertiary/aromatic N) is 1. The zero-order chi connectivity index (χ0) is 16.6. The van der Waals surface area contributed by atoms with Crippen molar-refractivity contribution in [1.82, 2.24) is 10.6 Å². The molecule has 134 valence electrons. The van der Waals surface area contributed by atoms with E-state index in [9.17, 15) is 0 Å². The first kappa shape index (κ1) is 19.4. The predicted octanol–water partition coefficient (Wildman–Crippen LogP) is 3.33. The Labute approximate surface area is 165 Å². The van der Waals surface area contributed by atoms with Gasteiger partial charge in [-0.25, -0.2) is 0 Å². The number of benzene rings is 2. The van der Waals surface area contributed by atoms with E-state index < -0.39 is 0 Å². The van der Waals surface area contributed by atoms with Gasteiger partial charge in [-0.15, -0.1) is 24.0 Å². The SMILES string of the molecule is CN=C(NCCCc1ccccc1)NCc1ccc2c(c1)OCO2.I. The van der Waals surface area contributed by atoms with Gasteiger partial charge in [-0.2, -0.15) is 0 Å². The quantitative estimate of drug-likeness (QED) is 0.305.